The lowest BCUT2D eigenvalue weighted by Crippen LogP contribution is -2.51. The van der Waals surface area contributed by atoms with Gasteiger partial charge in [0.1, 0.15) is 5.78 Å². The quantitative estimate of drug-likeness (QED) is 0.703. The summed E-state index contributed by atoms with van der Waals surface area (Å²) in [6.45, 7) is 8.62. The number of hydrogen-bond donors (Lipinski definition) is 0. The van der Waals surface area contributed by atoms with Gasteiger partial charge in [-0.25, -0.2) is 0 Å². The van der Waals surface area contributed by atoms with E-state index in [1.54, 1.807) is 7.11 Å². The van der Waals surface area contributed by atoms with E-state index in [2.05, 4.69) is 0 Å². The first-order valence-corrected chi connectivity index (χ1v) is 5.49. The van der Waals surface area contributed by atoms with E-state index in [9.17, 15) is 4.79 Å². The van der Waals surface area contributed by atoms with Crippen LogP contribution < -0.4 is 0 Å². The van der Waals surface area contributed by atoms with Gasteiger partial charge in [-0.3, -0.25) is 4.79 Å². The summed E-state index contributed by atoms with van der Waals surface area (Å²) in [5.41, 5.74) is -0.422. The first kappa shape index (κ1) is 12.7. The molecule has 0 spiro atoms. The maximum absolute atomic E-state index is 11.3. The van der Waals surface area contributed by atoms with E-state index in [0.29, 0.717) is 18.8 Å². The first-order valence-electron chi connectivity index (χ1n) is 5.49. The molecule has 3 nitrogen and oxygen atoms in total. The summed E-state index contributed by atoms with van der Waals surface area (Å²) in [7, 11) is 1.71. The van der Waals surface area contributed by atoms with Crippen molar-refractivity contribution in [3.63, 3.8) is 0 Å². The summed E-state index contributed by atoms with van der Waals surface area (Å²) in [5, 5.41) is 0. The van der Waals surface area contributed by atoms with Crippen LogP contribution in [0.15, 0.2) is 0 Å². The van der Waals surface area contributed by atoms with E-state index in [1.165, 1.54) is 0 Å². The van der Waals surface area contributed by atoms with Crippen molar-refractivity contribution in [1.82, 2.24) is 0 Å². The lowest BCUT2D eigenvalue weighted by Gasteiger charge is -2.42. The molecule has 1 unspecified atom stereocenters. The highest BCUT2D eigenvalue weighted by molar-refractivity contribution is 5.91. The maximum Gasteiger partial charge on any atom is 0.143 e. The molecule has 0 aromatic carbocycles. The molecule has 0 N–H and O–H groups in total. The molecule has 0 aliphatic heterocycles. The van der Waals surface area contributed by atoms with E-state index in [-0.39, 0.29) is 17.1 Å². The molecule has 15 heavy (non-hydrogen) atoms. The second-order valence-corrected chi connectivity index (χ2v) is 5.42. The molecule has 1 aliphatic rings. The molecular formula is C12H22O3. The zero-order valence-electron chi connectivity index (χ0n) is 10.4. The highest BCUT2D eigenvalue weighted by Crippen LogP contribution is 2.38. The number of rotatable bonds is 5. The second-order valence-electron chi connectivity index (χ2n) is 5.42. The third-order valence-corrected chi connectivity index (χ3v) is 3.47. The molecule has 1 rings (SSSR count). The number of hydrogen-bond acceptors (Lipinski definition) is 3. The van der Waals surface area contributed by atoms with Crippen LogP contribution in [-0.2, 0) is 14.3 Å². The average Bonchev–Trinajstić information content (AvgIpc) is 2.16. The Balaban J connectivity index is 2.26. The lowest BCUT2D eigenvalue weighted by atomic mass is 9.68. The van der Waals surface area contributed by atoms with Crippen LogP contribution in [0.4, 0.5) is 0 Å². The van der Waals surface area contributed by atoms with Gasteiger partial charge >= 0.3 is 0 Å². The van der Waals surface area contributed by atoms with Crippen LogP contribution >= 0.6 is 0 Å². The van der Waals surface area contributed by atoms with E-state index < -0.39 is 0 Å². The third-order valence-electron chi connectivity index (χ3n) is 3.47. The van der Waals surface area contributed by atoms with Gasteiger partial charge in [-0.15, -0.1) is 0 Å². The van der Waals surface area contributed by atoms with Crippen LogP contribution in [0.1, 0.15) is 40.5 Å². The van der Waals surface area contributed by atoms with Crippen LogP contribution in [0.5, 0.6) is 0 Å². The number of carbonyl (C=O) groups excluding carboxylic acids is 1. The molecule has 3 heteroatoms. The first-order chi connectivity index (χ1) is 6.79. The summed E-state index contributed by atoms with van der Waals surface area (Å²) in [5.74, 6) is 0.304. The minimum Gasteiger partial charge on any atom is -0.379 e. The highest BCUT2D eigenvalue weighted by Gasteiger charge is 2.48. The molecule has 0 heterocycles. The molecule has 1 saturated carbocycles. The number of carbonyl (C=O) groups is 1. The Morgan fingerprint density at radius 3 is 2.47 bits per heavy atom. The summed E-state index contributed by atoms with van der Waals surface area (Å²) in [4.78, 5) is 11.3. The maximum atomic E-state index is 11.3. The number of ketones is 1. The van der Waals surface area contributed by atoms with Crippen LogP contribution in [0.3, 0.4) is 0 Å². The fourth-order valence-electron chi connectivity index (χ4n) is 1.55. The monoisotopic (exact) mass is 214 g/mol. The van der Waals surface area contributed by atoms with Crippen LogP contribution in [0, 0.1) is 5.41 Å². The van der Waals surface area contributed by atoms with Crippen LogP contribution in [-0.4, -0.2) is 31.2 Å². The van der Waals surface area contributed by atoms with Gasteiger partial charge < -0.3 is 9.47 Å². The predicted octanol–water partition coefficient (Wildman–Crippen LogP) is 2.19. The molecular weight excluding hydrogens is 192 g/mol. The summed E-state index contributed by atoms with van der Waals surface area (Å²) in [6, 6.07) is 0. The van der Waals surface area contributed by atoms with Crippen molar-refractivity contribution < 1.29 is 14.3 Å². The highest BCUT2D eigenvalue weighted by atomic mass is 16.5. The normalized spacial score (nSPS) is 25.1. The van der Waals surface area contributed by atoms with Crippen molar-refractivity contribution in [2.24, 2.45) is 5.41 Å². The van der Waals surface area contributed by atoms with E-state index in [4.69, 9.17) is 9.47 Å². The fraction of sp³-hybridized carbons (Fsp3) is 0.917. The molecule has 88 valence electrons. The Bertz CT molecular complexity index is 243. The zero-order chi connectivity index (χ0) is 11.7. The Morgan fingerprint density at radius 2 is 2.07 bits per heavy atom. The second kappa shape index (κ2) is 4.22. The minimum absolute atomic E-state index is 0.0951. The van der Waals surface area contributed by atoms with Gasteiger partial charge in [-0.05, 0) is 20.3 Å². The smallest absolute Gasteiger partial charge is 0.143 e. The molecule has 0 bridgehead atoms. The van der Waals surface area contributed by atoms with Gasteiger partial charge in [0.15, 0.2) is 0 Å². The topological polar surface area (TPSA) is 35.5 Å². The van der Waals surface area contributed by atoms with Crippen molar-refractivity contribution in [2.45, 2.75) is 52.2 Å². The fourth-order valence-corrected chi connectivity index (χ4v) is 1.55. The van der Waals surface area contributed by atoms with Crippen LogP contribution in [0.2, 0.25) is 0 Å². The third kappa shape index (κ3) is 2.79. The molecule has 0 radical (unpaired) electrons. The van der Waals surface area contributed by atoms with Crippen molar-refractivity contribution in [3.05, 3.63) is 0 Å². The average molecular weight is 214 g/mol. The largest absolute Gasteiger partial charge is 0.379 e. The molecule has 0 aromatic rings. The van der Waals surface area contributed by atoms with Crippen molar-refractivity contribution in [1.29, 1.82) is 0 Å². The molecule has 1 atom stereocenters. The zero-order valence-corrected chi connectivity index (χ0v) is 10.4. The van der Waals surface area contributed by atoms with Gasteiger partial charge in [0.2, 0.25) is 0 Å². The van der Waals surface area contributed by atoms with Gasteiger partial charge in [0.25, 0.3) is 0 Å². The molecule has 1 fully saturated rings. The van der Waals surface area contributed by atoms with Gasteiger partial charge in [0.05, 0.1) is 17.1 Å². The van der Waals surface area contributed by atoms with E-state index in [0.717, 1.165) is 6.42 Å². The number of Topliss-reactive ketones (excluding diaryl/α,β-unsaturated/α-hetero) is 1. The van der Waals surface area contributed by atoms with Gasteiger partial charge in [-0.1, -0.05) is 13.8 Å². The molecule has 0 saturated heterocycles. The van der Waals surface area contributed by atoms with Crippen molar-refractivity contribution in [2.75, 3.05) is 13.7 Å². The van der Waals surface area contributed by atoms with Crippen molar-refractivity contribution in [3.8, 4) is 0 Å². The standard InChI is InChI=1S/C12H22O3/c1-11(2,14-5)6-7-15-10-8-9(13)12(10,3)4/h10H,6-8H2,1-5H3. The summed E-state index contributed by atoms with van der Waals surface area (Å²) < 4.78 is 11.0. The number of ether oxygens (including phenoxy) is 2. The number of methoxy groups -OCH3 is 1. The summed E-state index contributed by atoms with van der Waals surface area (Å²) >= 11 is 0. The molecule has 0 amide bonds. The predicted molar refractivity (Wildman–Crippen MR) is 58.9 cm³/mol. The molecule has 0 aromatic heterocycles. The van der Waals surface area contributed by atoms with E-state index >= 15 is 0 Å². The summed E-state index contributed by atoms with van der Waals surface area (Å²) in [6.07, 6.45) is 1.52. The van der Waals surface area contributed by atoms with Gasteiger partial charge in [-0.2, -0.15) is 0 Å². The minimum atomic E-state index is -0.281. The Kier molecular flexibility index (Phi) is 3.56. The van der Waals surface area contributed by atoms with Crippen molar-refractivity contribution >= 4 is 5.78 Å². The van der Waals surface area contributed by atoms with E-state index in [1.807, 2.05) is 27.7 Å². The Hall–Kier alpha value is -0.410. The SMILES string of the molecule is COC(C)(C)CCOC1CC(=O)C1(C)C. The lowest BCUT2D eigenvalue weighted by molar-refractivity contribution is -0.160. The van der Waals surface area contributed by atoms with Crippen LogP contribution in [0.25, 0.3) is 0 Å². The molecule has 1 aliphatic carbocycles. The van der Waals surface area contributed by atoms with Gasteiger partial charge in [0, 0.05) is 20.1 Å². The Labute approximate surface area is 92.1 Å². The Morgan fingerprint density at radius 1 is 1.47 bits per heavy atom.